The first kappa shape index (κ1) is 15.3. The molecule has 0 aliphatic carbocycles. The first-order valence-corrected chi connectivity index (χ1v) is 5.78. The van der Waals surface area contributed by atoms with E-state index in [-0.39, 0.29) is 18.0 Å². The zero-order chi connectivity index (χ0) is 12.4. The fourth-order valence-corrected chi connectivity index (χ4v) is 1.28. The molecule has 0 aromatic rings. The second-order valence-electron chi connectivity index (χ2n) is 3.87. The maximum atomic E-state index is 11.1. The van der Waals surface area contributed by atoms with Crippen molar-refractivity contribution in [1.29, 1.82) is 0 Å². The van der Waals surface area contributed by atoms with Crippen LogP contribution >= 0.6 is 0 Å². The predicted octanol–water partition coefficient (Wildman–Crippen LogP) is 0.282. The highest BCUT2D eigenvalue weighted by Gasteiger charge is 2.15. The molecule has 0 saturated carbocycles. The molecule has 0 aliphatic rings. The van der Waals surface area contributed by atoms with Gasteiger partial charge in [0.2, 0.25) is 5.91 Å². The van der Waals surface area contributed by atoms with Crippen molar-refractivity contribution in [3.8, 4) is 0 Å². The quantitative estimate of drug-likeness (QED) is 0.531. The molecule has 0 aromatic heterocycles. The highest BCUT2D eigenvalue weighted by Crippen LogP contribution is 1.95. The number of primary amides is 1. The zero-order valence-corrected chi connectivity index (χ0v) is 10.5. The van der Waals surface area contributed by atoms with Gasteiger partial charge in [0.15, 0.2) is 0 Å². The number of carbonyl (C=O) groups excluding carboxylic acids is 1. The minimum absolute atomic E-state index is 0.237. The Morgan fingerprint density at radius 3 is 2.38 bits per heavy atom. The topological polar surface area (TPSA) is 73.6 Å². The smallest absolute Gasteiger partial charge is 0.234 e. The number of nitrogens with two attached hydrogens (primary N) is 1. The molecule has 1 atom stereocenters. The summed E-state index contributed by atoms with van der Waals surface area (Å²) in [6, 6.07) is -0.0759. The van der Waals surface area contributed by atoms with Gasteiger partial charge in [-0.25, -0.2) is 0 Å². The predicted molar refractivity (Wildman–Crippen MR) is 63.2 cm³/mol. The van der Waals surface area contributed by atoms with Gasteiger partial charge in [0.05, 0.1) is 19.3 Å². The van der Waals surface area contributed by atoms with Gasteiger partial charge in [0.25, 0.3) is 0 Å². The lowest BCUT2D eigenvalue weighted by atomic mass is 10.2. The molecule has 96 valence electrons. The van der Waals surface area contributed by atoms with Crippen molar-refractivity contribution in [3.05, 3.63) is 0 Å². The van der Waals surface area contributed by atoms with Crippen molar-refractivity contribution < 1.29 is 14.3 Å². The van der Waals surface area contributed by atoms with E-state index in [2.05, 4.69) is 5.32 Å². The first-order chi connectivity index (χ1) is 7.57. The number of carbonyl (C=O) groups is 1. The van der Waals surface area contributed by atoms with Gasteiger partial charge in [-0.1, -0.05) is 13.8 Å². The molecule has 0 spiro atoms. The van der Waals surface area contributed by atoms with Gasteiger partial charge in [0.1, 0.15) is 0 Å². The highest BCUT2D eigenvalue weighted by molar-refractivity contribution is 5.79. The minimum Gasteiger partial charge on any atom is -0.379 e. The Morgan fingerprint density at radius 1 is 1.25 bits per heavy atom. The summed E-state index contributed by atoms with van der Waals surface area (Å²) >= 11 is 0. The molecule has 0 aromatic carbocycles. The normalized spacial score (nSPS) is 13.0. The number of ether oxygens (including phenoxy) is 2. The number of hydrogen-bond acceptors (Lipinski definition) is 4. The maximum Gasteiger partial charge on any atom is 0.234 e. The maximum absolute atomic E-state index is 11.1. The Morgan fingerprint density at radius 2 is 1.88 bits per heavy atom. The fraction of sp³-hybridized carbons (Fsp3) is 0.909. The van der Waals surface area contributed by atoms with Gasteiger partial charge in [-0.2, -0.15) is 0 Å². The summed E-state index contributed by atoms with van der Waals surface area (Å²) in [5.74, 6) is -0.331. The van der Waals surface area contributed by atoms with Gasteiger partial charge in [-0.05, 0) is 13.3 Å². The molecule has 1 amide bonds. The molecule has 0 radical (unpaired) electrons. The highest BCUT2D eigenvalue weighted by atomic mass is 16.5. The fourth-order valence-electron chi connectivity index (χ4n) is 1.28. The molecule has 0 saturated heterocycles. The molecule has 0 bridgehead atoms. The summed E-state index contributed by atoms with van der Waals surface area (Å²) in [4.78, 5) is 11.1. The number of nitrogens with one attached hydrogen (secondary N) is 1. The Hall–Kier alpha value is -0.650. The van der Waals surface area contributed by atoms with Crippen LogP contribution in [0.5, 0.6) is 0 Å². The third-order valence-electron chi connectivity index (χ3n) is 2.00. The molecule has 1 unspecified atom stereocenters. The van der Waals surface area contributed by atoms with Crippen molar-refractivity contribution in [2.45, 2.75) is 39.3 Å². The lowest BCUT2D eigenvalue weighted by Gasteiger charge is -2.17. The summed E-state index contributed by atoms with van der Waals surface area (Å²) in [6.45, 7) is 8.26. The van der Waals surface area contributed by atoms with Crippen LogP contribution in [0.25, 0.3) is 0 Å². The van der Waals surface area contributed by atoms with Crippen LogP contribution in [0, 0.1) is 0 Å². The summed E-state index contributed by atoms with van der Waals surface area (Å²) < 4.78 is 10.4. The third kappa shape index (κ3) is 8.64. The Balaban J connectivity index is 3.57. The molecule has 0 fully saturated rings. The van der Waals surface area contributed by atoms with Crippen LogP contribution in [0.2, 0.25) is 0 Å². The van der Waals surface area contributed by atoms with Crippen molar-refractivity contribution in [3.63, 3.8) is 0 Å². The molecule has 0 rings (SSSR count). The molecule has 5 heteroatoms. The largest absolute Gasteiger partial charge is 0.379 e. The minimum atomic E-state index is -0.331. The van der Waals surface area contributed by atoms with Crippen molar-refractivity contribution >= 4 is 5.91 Å². The SMILES string of the molecule is CCOCCOCCC(NC(C)C)C(N)=O. The van der Waals surface area contributed by atoms with Crippen LogP contribution < -0.4 is 11.1 Å². The first-order valence-electron chi connectivity index (χ1n) is 5.78. The number of rotatable bonds is 10. The molecule has 0 aliphatic heterocycles. The number of amides is 1. The lowest BCUT2D eigenvalue weighted by molar-refractivity contribution is -0.120. The monoisotopic (exact) mass is 232 g/mol. The zero-order valence-electron chi connectivity index (χ0n) is 10.5. The van der Waals surface area contributed by atoms with E-state index in [1.54, 1.807) is 0 Å². The molecule has 0 heterocycles. The van der Waals surface area contributed by atoms with Gasteiger partial charge in [0, 0.05) is 19.3 Å². The summed E-state index contributed by atoms with van der Waals surface area (Å²) in [6.07, 6.45) is 0.597. The molecular formula is C11H24N2O3. The number of hydrogen-bond donors (Lipinski definition) is 2. The Kier molecular flexibility index (Phi) is 9.18. The summed E-state index contributed by atoms with van der Waals surface area (Å²) in [5.41, 5.74) is 5.27. The Labute approximate surface area is 97.7 Å². The van der Waals surface area contributed by atoms with E-state index in [1.165, 1.54) is 0 Å². The molecule has 5 nitrogen and oxygen atoms in total. The van der Waals surface area contributed by atoms with Crippen LogP contribution in [0.3, 0.4) is 0 Å². The van der Waals surface area contributed by atoms with Gasteiger partial charge >= 0.3 is 0 Å². The standard InChI is InChI=1S/C11H24N2O3/c1-4-15-7-8-16-6-5-10(11(12)14)13-9(2)3/h9-10,13H,4-8H2,1-3H3,(H2,12,14). The second kappa shape index (κ2) is 9.57. The van der Waals surface area contributed by atoms with Crippen molar-refractivity contribution in [1.82, 2.24) is 5.32 Å². The van der Waals surface area contributed by atoms with E-state index in [1.807, 2.05) is 20.8 Å². The van der Waals surface area contributed by atoms with Gasteiger partial charge in [-0.15, -0.1) is 0 Å². The molecule has 3 N–H and O–H groups in total. The van der Waals surface area contributed by atoms with E-state index in [4.69, 9.17) is 15.2 Å². The summed E-state index contributed by atoms with van der Waals surface area (Å²) in [5, 5.41) is 3.10. The third-order valence-corrected chi connectivity index (χ3v) is 2.00. The molecule has 16 heavy (non-hydrogen) atoms. The van der Waals surface area contributed by atoms with Gasteiger partial charge in [-0.3, -0.25) is 4.79 Å². The summed E-state index contributed by atoms with van der Waals surface area (Å²) in [7, 11) is 0. The molecular weight excluding hydrogens is 208 g/mol. The average molecular weight is 232 g/mol. The van der Waals surface area contributed by atoms with Crippen LogP contribution in [0.1, 0.15) is 27.2 Å². The van der Waals surface area contributed by atoms with Crippen LogP contribution in [0.4, 0.5) is 0 Å². The van der Waals surface area contributed by atoms with Crippen LogP contribution in [-0.2, 0) is 14.3 Å². The van der Waals surface area contributed by atoms with E-state index in [9.17, 15) is 4.79 Å². The van der Waals surface area contributed by atoms with Gasteiger partial charge < -0.3 is 20.5 Å². The van der Waals surface area contributed by atoms with E-state index < -0.39 is 0 Å². The van der Waals surface area contributed by atoms with E-state index in [0.717, 1.165) is 0 Å². The van der Waals surface area contributed by atoms with Crippen LogP contribution in [0.15, 0.2) is 0 Å². The average Bonchev–Trinajstić information content (AvgIpc) is 2.20. The van der Waals surface area contributed by atoms with Crippen molar-refractivity contribution in [2.75, 3.05) is 26.4 Å². The lowest BCUT2D eigenvalue weighted by Crippen LogP contribution is -2.45. The van der Waals surface area contributed by atoms with Crippen molar-refractivity contribution in [2.24, 2.45) is 5.73 Å². The Bertz CT molecular complexity index is 186. The second-order valence-corrected chi connectivity index (χ2v) is 3.87. The van der Waals surface area contributed by atoms with Crippen LogP contribution in [-0.4, -0.2) is 44.4 Å². The van der Waals surface area contributed by atoms with E-state index >= 15 is 0 Å². The van der Waals surface area contributed by atoms with E-state index in [0.29, 0.717) is 32.8 Å².